The summed E-state index contributed by atoms with van der Waals surface area (Å²) < 4.78 is 27.4. The number of nitrogens with zero attached hydrogens (tertiary/aromatic N) is 2. The summed E-state index contributed by atoms with van der Waals surface area (Å²) in [6, 6.07) is 13.1. The summed E-state index contributed by atoms with van der Waals surface area (Å²) >= 11 is 0. The average Bonchev–Trinajstić information content (AvgIpc) is 2.74. The zero-order valence-electron chi connectivity index (χ0n) is 16.7. The lowest BCUT2D eigenvalue weighted by Crippen LogP contribution is -2.29. The van der Waals surface area contributed by atoms with Crippen molar-refractivity contribution in [3.05, 3.63) is 53.6 Å². The predicted molar refractivity (Wildman–Crippen MR) is 115 cm³/mol. The van der Waals surface area contributed by atoms with Crippen molar-refractivity contribution in [1.82, 2.24) is 4.31 Å². The third-order valence-corrected chi connectivity index (χ3v) is 7.54. The van der Waals surface area contributed by atoms with E-state index in [0.717, 1.165) is 24.2 Å². The van der Waals surface area contributed by atoms with Gasteiger partial charge in [-0.25, -0.2) is 8.42 Å². The quantitative estimate of drug-likeness (QED) is 0.816. The summed E-state index contributed by atoms with van der Waals surface area (Å²) in [5, 5.41) is 2.79. The van der Waals surface area contributed by atoms with Crippen molar-refractivity contribution in [2.24, 2.45) is 0 Å². The van der Waals surface area contributed by atoms with Gasteiger partial charge < -0.3 is 10.2 Å². The molecule has 0 bridgehead atoms. The summed E-state index contributed by atoms with van der Waals surface area (Å²) in [5.41, 5.74) is 3.74. The van der Waals surface area contributed by atoms with Crippen molar-refractivity contribution in [3.8, 4) is 0 Å². The lowest BCUT2D eigenvalue weighted by atomic mass is 10.0. The van der Waals surface area contributed by atoms with Crippen LogP contribution in [0.15, 0.2) is 47.4 Å². The Hall–Kier alpha value is -2.38. The highest BCUT2D eigenvalue weighted by atomic mass is 32.2. The molecule has 7 heteroatoms. The van der Waals surface area contributed by atoms with E-state index in [-0.39, 0.29) is 10.8 Å². The minimum absolute atomic E-state index is 0.0294. The van der Waals surface area contributed by atoms with Gasteiger partial charge in [-0.3, -0.25) is 4.79 Å². The Morgan fingerprint density at radius 2 is 1.72 bits per heavy atom. The molecule has 0 aromatic heterocycles. The van der Waals surface area contributed by atoms with E-state index in [1.807, 2.05) is 12.1 Å². The highest BCUT2D eigenvalue weighted by molar-refractivity contribution is 7.89. The van der Waals surface area contributed by atoms with Gasteiger partial charge in [0.2, 0.25) is 15.9 Å². The second-order valence-corrected chi connectivity index (χ2v) is 9.89. The smallest absolute Gasteiger partial charge is 0.243 e. The second-order valence-electron chi connectivity index (χ2n) is 7.84. The Morgan fingerprint density at radius 3 is 2.45 bits per heavy atom. The Kier molecular flexibility index (Phi) is 5.61. The number of aryl methyl sites for hydroxylation is 1. The Morgan fingerprint density at radius 1 is 1.00 bits per heavy atom. The number of fused-ring (bicyclic) bond motifs is 1. The maximum atomic E-state index is 13.0. The van der Waals surface area contributed by atoms with Gasteiger partial charge in [0.15, 0.2) is 0 Å². The summed E-state index contributed by atoms with van der Waals surface area (Å²) in [5.74, 6) is -0.0294. The van der Waals surface area contributed by atoms with Crippen LogP contribution in [0.1, 0.15) is 36.8 Å². The van der Waals surface area contributed by atoms with Crippen molar-refractivity contribution in [3.63, 3.8) is 0 Å². The Balaban J connectivity index is 1.47. The van der Waals surface area contributed by atoms with Crippen LogP contribution in [-0.4, -0.2) is 38.8 Å². The van der Waals surface area contributed by atoms with Crippen molar-refractivity contribution in [2.45, 2.75) is 43.5 Å². The Bertz CT molecular complexity index is 996. The highest BCUT2D eigenvalue weighted by Crippen LogP contribution is 2.27. The summed E-state index contributed by atoms with van der Waals surface area (Å²) in [7, 11) is -2.00. The normalized spacial score (nSPS) is 17.2. The van der Waals surface area contributed by atoms with Crippen molar-refractivity contribution in [2.75, 3.05) is 30.4 Å². The maximum absolute atomic E-state index is 13.0. The number of hydrogen-bond acceptors (Lipinski definition) is 4. The molecule has 2 aliphatic rings. The second kappa shape index (κ2) is 8.16. The van der Waals surface area contributed by atoms with Crippen LogP contribution in [0.4, 0.5) is 11.4 Å². The number of carbonyl (C=O) groups is 1. The zero-order chi connectivity index (χ0) is 20.4. The molecule has 0 saturated carbocycles. The number of anilines is 2. The fourth-order valence-corrected chi connectivity index (χ4v) is 5.22. The largest absolute Gasteiger partial charge is 0.372 e. The van der Waals surface area contributed by atoms with Gasteiger partial charge in [-0.15, -0.1) is 0 Å². The minimum Gasteiger partial charge on any atom is -0.372 e. The first-order chi connectivity index (χ1) is 13.9. The van der Waals surface area contributed by atoms with E-state index < -0.39 is 10.0 Å². The fourth-order valence-electron chi connectivity index (χ4n) is 4.01. The number of benzene rings is 2. The molecule has 154 valence electrons. The monoisotopic (exact) mass is 413 g/mol. The molecular formula is C22H27N3O3S. The third-order valence-electron chi connectivity index (χ3n) is 5.74. The fraction of sp³-hybridized carbons (Fsp3) is 0.409. The van der Waals surface area contributed by atoms with Crippen LogP contribution in [0.2, 0.25) is 0 Å². The molecule has 1 fully saturated rings. The number of sulfonamides is 1. The summed E-state index contributed by atoms with van der Waals surface area (Å²) in [4.78, 5) is 14.2. The lowest BCUT2D eigenvalue weighted by Gasteiger charge is -2.29. The molecule has 1 saturated heterocycles. The van der Waals surface area contributed by atoms with E-state index >= 15 is 0 Å². The number of nitrogens with one attached hydrogen (secondary N) is 1. The number of carbonyl (C=O) groups excluding carboxylic acids is 1. The lowest BCUT2D eigenvalue weighted by molar-refractivity contribution is -0.116. The van der Waals surface area contributed by atoms with Crippen LogP contribution >= 0.6 is 0 Å². The molecule has 0 aliphatic carbocycles. The van der Waals surface area contributed by atoms with Crippen LogP contribution in [-0.2, 0) is 27.8 Å². The van der Waals surface area contributed by atoms with Crippen LogP contribution in [0.25, 0.3) is 0 Å². The molecular weight excluding hydrogens is 386 g/mol. The van der Waals surface area contributed by atoms with Gasteiger partial charge in [0.1, 0.15) is 0 Å². The summed E-state index contributed by atoms with van der Waals surface area (Å²) in [6.07, 6.45) is 4.70. The van der Waals surface area contributed by atoms with Crippen molar-refractivity contribution in [1.29, 1.82) is 0 Å². The zero-order valence-corrected chi connectivity index (χ0v) is 17.5. The first-order valence-electron chi connectivity index (χ1n) is 10.2. The van der Waals surface area contributed by atoms with Crippen LogP contribution < -0.4 is 10.2 Å². The first-order valence-corrected chi connectivity index (χ1v) is 11.6. The van der Waals surface area contributed by atoms with Gasteiger partial charge in [-0.05, 0) is 67.1 Å². The van der Waals surface area contributed by atoms with Gasteiger partial charge >= 0.3 is 0 Å². The number of amides is 1. The summed E-state index contributed by atoms with van der Waals surface area (Å²) in [6.45, 7) is 2.50. The molecule has 2 aromatic carbocycles. The van der Waals surface area contributed by atoms with Gasteiger partial charge in [0.05, 0.1) is 4.90 Å². The Labute approximate surface area is 172 Å². The highest BCUT2D eigenvalue weighted by Gasteiger charge is 2.24. The van der Waals surface area contributed by atoms with E-state index in [0.29, 0.717) is 25.1 Å². The number of piperidine rings is 1. The van der Waals surface area contributed by atoms with E-state index in [9.17, 15) is 13.2 Å². The SMILES string of the molecule is CN(Cc1ccc(N2CCCCC2)cc1)S(=O)(=O)c1ccc2c(c1)CCC(=O)N2. The van der Waals surface area contributed by atoms with E-state index in [4.69, 9.17) is 0 Å². The number of hydrogen-bond donors (Lipinski definition) is 1. The average molecular weight is 414 g/mol. The molecule has 2 aliphatic heterocycles. The standard InChI is InChI=1S/C22H27N3O3S/c1-24(16-17-5-8-19(9-6-17)25-13-3-2-4-14-25)29(27,28)20-10-11-21-18(15-20)7-12-22(26)23-21/h5-6,8-11,15H,2-4,7,12-14,16H2,1H3,(H,23,26). The molecule has 1 amide bonds. The van der Waals surface area contributed by atoms with Crippen molar-refractivity contribution >= 4 is 27.3 Å². The van der Waals surface area contributed by atoms with Crippen LogP contribution in [0.3, 0.4) is 0 Å². The van der Waals surface area contributed by atoms with E-state index in [2.05, 4.69) is 22.3 Å². The van der Waals surface area contributed by atoms with Gasteiger partial charge in [-0.2, -0.15) is 4.31 Å². The topological polar surface area (TPSA) is 69.7 Å². The van der Waals surface area contributed by atoms with Crippen LogP contribution in [0, 0.1) is 0 Å². The maximum Gasteiger partial charge on any atom is 0.243 e. The molecule has 6 nitrogen and oxygen atoms in total. The van der Waals surface area contributed by atoms with Gasteiger partial charge in [-0.1, -0.05) is 12.1 Å². The van der Waals surface area contributed by atoms with Gasteiger partial charge in [0.25, 0.3) is 0 Å². The van der Waals surface area contributed by atoms with E-state index in [1.54, 1.807) is 25.2 Å². The molecule has 0 unspecified atom stereocenters. The van der Waals surface area contributed by atoms with Crippen molar-refractivity contribution < 1.29 is 13.2 Å². The van der Waals surface area contributed by atoms with E-state index in [1.165, 1.54) is 29.3 Å². The van der Waals surface area contributed by atoms with Gasteiger partial charge in [0, 0.05) is 44.5 Å². The molecule has 1 N–H and O–H groups in total. The molecule has 0 spiro atoms. The molecule has 2 aromatic rings. The first kappa shape index (κ1) is 19.9. The number of rotatable bonds is 5. The third kappa shape index (κ3) is 4.31. The molecule has 0 atom stereocenters. The predicted octanol–water partition coefficient (Wildman–Crippen LogP) is 3.38. The molecule has 2 heterocycles. The van der Waals surface area contributed by atoms with Crippen LogP contribution in [0.5, 0.6) is 0 Å². The molecule has 4 rings (SSSR count). The minimum atomic E-state index is -3.60. The molecule has 0 radical (unpaired) electrons. The molecule has 29 heavy (non-hydrogen) atoms.